The molecule has 1 spiro atoms. The molecule has 0 aromatic heterocycles. The molecule has 3 rings (SSSR count). The molecule has 0 bridgehead atoms. The van der Waals surface area contributed by atoms with Crippen LogP contribution < -0.4 is 4.74 Å². The summed E-state index contributed by atoms with van der Waals surface area (Å²) in [7, 11) is 0. The van der Waals surface area contributed by atoms with Gasteiger partial charge in [-0.2, -0.15) is 11.8 Å². The molecule has 0 radical (unpaired) electrons. The first kappa shape index (κ1) is 10.4. The second kappa shape index (κ2) is 3.64. The number of aliphatic hydroxyl groups is 1. The highest BCUT2D eigenvalue weighted by Gasteiger charge is 2.43. The van der Waals surface area contributed by atoms with E-state index < -0.39 is 6.10 Å². The summed E-state index contributed by atoms with van der Waals surface area (Å²) in [6.45, 7) is 0. The number of hydrogen-bond donors (Lipinski definition) is 1. The summed E-state index contributed by atoms with van der Waals surface area (Å²) >= 11 is 1.85. The molecule has 2 heterocycles. The van der Waals surface area contributed by atoms with Crippen LogP contribution in [0.2, 0.25) is 0 Å². The lowest BCUT2D eigenvalue weighted by atomic mass is 9.88. The van der Waals surface area contributed by atoms with Gasteiger partial charge < -0.3 is 9.84 Å². The molecule has 2 atom stereocenters. The third-order valence-corrected chi connectivity index (χ3v) is 4.51. The highest BCUT2D eigenvalue weighted by molar-refractivity contribution is 7.99. The van der Waals surface area contributed by atoms with Crippen molar-refractivity contribution in [3.8, 4) is 5.75 Å². The topological polar surface area (TPSA) is 29.5 Å². The van der Waals surface area contributed by atoms with Crippen LogP contribution in [0.5, 0.6) is 5.75 Å². The number of benzene rings is 1. The van der Waals surface area contributed by atoms with Gasteiger partial charge in [0.2, 0.25) is 0 Å². The summed E-state index contributed by atoms with van der Waals surface area (Å²) in [5.41, 5.74) is 0.358. The van der Waals surface area contributed by atoms with Crippen molar-refractivity contribution >= 4 is 11.8 Å². The molecule has 0 aliphatic carbocycles. The zero-order valence-electron chi connectivity index (χ0n) is 8.78. The Balaban J connectivity index is 1.99. The van der Waals surface area contributed by atoms with E-state index in [0.717, 1.165) is 17.9 Å². The third kappa shape index (κ3) is 1.60. The van der Waals surface area contributed by atoms with Crippen molar-refractivity contribution in [1.29, 1.82) is 0 Å². The molecular weight excluding hydrogens is 227 g/mol. The van der Waals surface area contributed by atoms with Gasteiger partial charge >= 0.3 is 0 Å². The van der Waals surface area contributed by atoms with Crippen molar-refractivity contribution in [3.05, 3.63) is 29.6 Å². The average Bonchev–Trinajstić information content (AvgIpc) is 2.68. The van der Waals surface area contributed by atoms with E-state index in [0.29, 0.717) is 17.7 Å². The van der Waals surface area contributed by atoms with Crippen LogP contribution >= 0.6 is 11.8 Å². The maximum Gasteiger partial charge on any atom is 0.126 e. The SMILES string of the molecule is OC1CC2(CCSC2)Oc2ccc(F)cc21. The molecule has 1 fully saturated rings. The lowest BCUT2D eigenvalue weighted by molar-refractivity contribution is 0.00380. The fourth-order valence-electron chi connectivity index (χ4n) is 2.44. The van der Waals surface area contributed by atoms with E-state index in [2.05, 4.69) is 0 Å². The molecule has 2 nitrogen and oxygen atoms in total. The van der Waals surface area contributed by atoms with Crippen LogP contribution in [0.1, 0.15) is 24.5 Å². The molecule has 1 saturated heterocycles. The van der Waals surface area contributed by atoms with E-state index in [1.807, 2.05) is 11.8 Å². The van der Waals surface area contributed by atoms with Crippen LogP contribution in [0.15, 0.2) is 18.2 Å². The molecule has 2 aliphatic heterocycles. The van der Waals surface area contributed by atoms with Gasteiger partial charge in [0, 0.05) is 17.7 Å². The second-order valence-electron chi connectivity index (χ2n) is 4.49. The first-order chi connectivity index (χ1) is 7.69. The van der Waals surface area contributed by atoms with Gasteiger partial charge in [-0.3, -0.25) is 0 Å². The first-order valence-electron chi connectivity index (χ1n) is 5.43. The van der Waals surface area contributed by atoms with Gasteiger partial charge in [-0.15, -0.1) is 0 Å². The first-order valence-corrected chi connectivity index (χ1v) is 6.58. The van der Waals surface area contributed by atoms with Crippen LogP contribution in [0.3, 0.4) is 0 Å². The fraction of sp³-hybridized carbons (Fsp3) is 0.500. The van der Waals surface area contributed by atoms with E-state index >= 15 is 0 Å². The number of thioether (sulfide) groups is 1. The van der Waals surface area contributed by atoms with Crippen LogP contribution in [0.4, 0.5) is 4.39 Å². The minimum atomic E-state index is -0.599. The van der Waals surface area contributed by atoms with Crippen molar-refractivity contribution in [2.24, 2.45) is 0 Å². The molecule has 16 heavy (non-hydrogen) atoms. The molecule has 1 aromatic carbocycles. The Labute approximate surface area is 97.8 Å². The Morgan fingerprint density at radius 2 is 2.38 bits per heavy atom. The smallest absolute Gasteiger partial charge is 0.126 e. The number of fused-ring (bicyclic) bond motifs is 1. The Kier molecular flexibility index (Phi) is 2.37. The molecule has 1 N–H and O–H groups in total. The molecule has 1 aromatic rings. The quantitative estimate of drug-likeness (QED) is 0.755. The van der Waals surface area contributed by atoms with Crippen LogP contribution in [0, 0.1) is 5.82 Å². The zero-order valence-corrected chi connectivity index (χ0v) is 9.60. The lowest BCUT2D eigenvalue weighted by Gasteiger charge is -2.37. The summed E-state index contributed by atoms with van der Waals surface area (Å²) in [5.74, 6) is 2.31. The normalized spacial score (nSPS) is 32.5. The van der Waals surface area contributed by atoms with Gasteiger partial charge in [-0.1, -0.05) is 0 Å². The van der Waals surface area contributed by atoms with Gasteiger partial charge in [-0.25, -0.2) is 4.39 Å². The average molecular weight is 240 g/mol. The summed E-state index contributed by atoms with van der Waals surface area (Å²) < 4.78 is 19.0. The minimum absolute atomic E-state index is 0.227. The van der Waals surface area contributed by atoms with Crippen molar-refractivity contribution in [2.45, 2.75) is 24.5 Å². The van der Waals surface area contributed by atoms with Crippen LogP contribution in [-0.4, -0.2) is 22.2 Å². The predicted octanol–water partition coefficient (Wildman–Crippen LogP) is 2.52. The second-order valence-corrected chi connectivity index (χ2v) is 5.59. The van der Waals surface area contributed by atoms with Crippen molar-refractivity contribution in [1.82, 2.24) is 0 Å². The van der Waals surface area contributed by atoms with Crippen molar-refractivity contribution in [3.63, 3.8) is 0 Å². The molecule has 0 amide bonds. The molecule has 0 saturated carbocycles. The van der Waals surface area contributed by atoms with E-state index in [1.54, 1.807) is 6.07 Å². The largest absolute Gasteiger partial charge is 0.486 e. The number of hydrogen-bond acceptors (Lipinski definition) is 3. The highest BCUT2D eigenvalue weighted by atomic mass is 32.2. The maximum atomic E-state index is 13.1. The Hall–Kier alpha value is -0.740. The van der Waals surface area contributed by atoms with Gasteiger partial charge in [-0.05, 0) is 30.4 Å². The zero-order chi connectivity index (χ0) is 11.2. The number of rotatable bonds is 0. The molecule has 2 unspecified atom stereocenters. The maximum absolute atomic E-state index is 13.1. The number of aliphatic hydroxyl groups excluding tert-OH is 1. The van der Waals surface area contributed by atoms with E-state index in [1.165, 1.54) is 12.1 Å². The van der Waals surface area contributed by atoms with Crippen LogP contribution in [0.25, 0.3) is 0 Å². The van der Waals surface area contributed by atoms with Crippen molar-refractivity contribution < 1.29 is 14.2 Å². The monoisotopic (exact) mass is 240 g/mol. The number of ether oxygens (including phenoxy) is 1. The standard InChI is InChI=1S/C12H13FO2S/c13-8-1-2-11-9(5-8)10(14)6-12(15-11)3-4-16-7-12/h1-2,5,10,14H,3-4,6-7H2. The summed E-state index contributed by atoms with van der Waals surface area (Å²) in [6.07, 6.45) is 0.945. The molecule has 86 valence electrons. The summed E-state index contributed by atoms with van der Waals surface area (Å²) in [6, 6.07) is 4.37. The molecular formula is C12H13FO2S. The molecule has 2 aliphatic rings. The highest BCUT2D eigenvalue weighted by Crippen LogP contribution is 2.45. The number of halogens is 1. The Morgan fingerprint density at radius 3 is 3.12 bits per heavy atom. The minimum Gasteiger partial charge on any atom is -0.486 e. The van der Waals surface area contributed by atoms with E-state index in [4.69, 9.17) is 4.74 Å². The summed E-state index contributed by atoms with van der Waals surface area (Å²) in [5, 5.41) is 10.1. The van der Waals surface area contributed by atoms with E-state index in [-0.39, 0.29) is 11.4 Å². The van der Waals surface area contributed by atoms with Crippen LogP contribution in [-0.2, 0) is 0 Å². The van der Waals surface area contributed by atoms with Gasteiger partial charge in [0.05, 0.1) is 6.10 Å². The van der Waals surface area contributed by atoms with E-state index in [9.17, 15) is 9.50 Å². The lowest BCUT2D eigenvalue weighted by Crippen LogP contribution is -2.41. The Morgan fingerprint density at radius 1 is 1.50 bits per heavy atom. The van der Waals surface area contributed by atoms with Crippen molar-refractivity contribution in [2.75, 3.05) is 11.5 Å². The third-order valence-electron chi connectivity index (χ3n) is 3.29. The predicted molar refractivity (Wildman–Crippen MR) is 61.3 cm³/mol. The van der Waals surface area contributed by atoms with Gasteiger partial charge in [0.15, 0.2) is 0 Å². The fourth-order valence-corrected chi connectivity index (χ4v) is 3.79. The van der Waals surface area contributed by atoms with Gasteiger partial charge in [0.1, 0.15) is 17.2 Å². The molecule has 4 heteroatoms. The van der Waals surface area contributed by atoms with Gasteiger partial charge in [0.25, 0.3) is 0 Å². The summed E-state index contributed by atoms with van der Waals surface area (Å²) in [4.78, 5) is 0. The Bertz CT molecular complexity index is 415.